The van der Waals surface area contributed by atoms with Gasteiger partial charge in [-0.25, -0.2) is 9.67 Å². The predicted molar refractivity (Wildman–Crippen MR) is 78.6 cm³/mol. The summed E-state index contributed by atoms with van der Waals surface area (Å²) in [4.78, 5) is 17.5. The van der Waals surface area contributed by atoms with Crippen molar-refractivity contribution < 1.29 is 14.6 Å². The largest absolute Gasteiger partial charge is 0.480 e. The molecule has 0 aliphatic carbocycles. The topological polar surface area (TPSA) is 80.5 Å². The molecule has 3 rings (SSSR count). The fraction of sp³-hybridized carbons (Fsp3) is 0.400. The molecule has 2 heterocycles. The van der Waals surface area contributed by atoms with E-state index in [0.717, 1.165) is 5.69 Å². The van der Waals surface area contributed by atoms with E-state index >= 15 is 0 Å². The zero-order valence-electron chi connectivity index (χ0n) is 12.3. The summed E-state index contributed by atoms with van der Waals surface area (Å²) in [5, 5.41) is 13.6. The van der Waals surface area contributed by atoms with Crippen LogP contribution in [0.2, 0.25) is 0 Å². The van der Waals surface area contributed by atoms with Gasteiger partial charge in [-0.2, -0.15) is 5.10 Å². The van der Waals surface area contributed by atoms with Gasteiger partial charge in [-0.3, -0.25) is 9.69 Å². The van der Waals surface area contributed by atoms with Crippen LogP contribution in [0.15, 0.2) is 36.7 Å². The zero-order chi connectivity index (χ0) is 15.5. The molecule has 22 heavy (non-hydrogen) atoms. The minimum atomic E-state index is -0.877. The van der Waals surface area contributed by atoms with Crippen LogP contribution in [0.3, 0.4) is 0 Å². The lowest BCUT2D eigenvalue weighted by Crippen LogP contribution is -2.52. The Labute approximate surface area is 128 Å². The van der Waals surface area contributed by atoms with Crippen molar-refractivity contribution in [2.75, 3.05) is 13.2 Å². The summed E-state index contributed by atoms with van der Waals surface area (Å²) in [7, 11) is 0. The number of carboxylic acid groups (broad SMARTS) is 1. The van der Waals surface area contributed by atoms with Crippen LogP contribution in [0, 0.1) is 0 Å². The van der Waals surface area contributed by atoms with Gasteiger partial charge in [-0.05, 0) is 19.1 Å². The highest BCUT2D eigenvalue weighted by Gasteiger charge is 2.33. The summed E-state index contributed by atoms with van der Waals surface area (Å²) in [6, 6.07) is 9.01. The molecule has 7 nitrogen and oxygen atoms in total. The highest BCUT2D eigenvalue weighted by atomic mass is 16.5. The summed E-state index contributed by atoms with van der Waals surface area (Å²) in [6.07, 6.45) is 1.49. The predicted octanol–water partition coefficient (Wildman–Crippen LogP) is 0.941. The van der Waals surface area contributed by atoms with Gasteiger partial charge in [-0.1, -0.05) is 18.2 Å². The first kappa shape index (κ1) is 14.7. The van der Waals surface area contributed by atoms with E-state index in [-0.39, 0.29) is 12.7 Å². The molecular weight excluding hydrogens is 284 g/mol. The molecule has 116 valence electrons. The Balaban J connectivity index is 1.83. The van der Waals surface area contributed by atoms with Gasteiger partial charge < -0.3 is 9.84 Å². The van der Waals surface area contributed by atoms with Crippen molar-refractivity contribution in [1.29, 1.82) is 0 Å². The van der Waals surface area contributed by atoms with Gasteiger partial charge in [0.1, 0.15) is 18.2 Å². The van der Waals surface area contributed by atoms with Crippen LogP contribution in [-0.4, -0.2) is 56.0 Å². The lowest BCUT2D eigenvalue weighted by atomic mass is 10.2. The molecule has 1 fully saturated rings. The normalized spacial score (nSPS) is 22.6. The van der Waals surface area contributed by atoms with E-state index in [0.29, 0.717) is 18.9 Å². The van der Waals surface area contributed by atoms with Crippen molar-refractivity contribution in [3.8, 4) is 5.69 Å². The van der Waals surface area contributed by atoms with Gasteiger partial charge in [0.15, 0.2) is 0 Å². The molecule has 2 atom stereocenters. The molecular formula is C15H18N4O3. The molecule has 1 aromatic carbocycles. The highest BCUT2D eigenvalue weighted by molar-refractivity contribution is 5.73. The zero-order valence-corrected chi connectivity index (χ0v) is 12.3. The standard InChI is InChI=1S/C15H18N4O3/c1-11-7-18(13(9-22-11)15(20)21)8-14-16-10-17-19(14)12-5-3-2-4-6-12/h2-6,10-11,13H,7-9H2,1H3,(H,20,21)/t11-,13-/m0/s1. The Morgan fingerprint density at radius 1 is 1.41 bits per heavy atom. The second kappa shape index (κ2) is 6.25. The first-order valence-electron chi connectivity index (χ1n) is 7.18. The number of aromatic nitrogens is 3. The van der Waals surface area contributed by atoms with Crippen molar-refractivity contribution in [3.05, 3.63) is 42.5 Å². The van der Waals surface area contributed by atoms with Crippen molar-refractivity contribution >= 4 is 5.97 Å². The Kier molecular flexibility index (Phi) is 4.17. The van der Waals surface area contributed by atoms with Crippen LogP contribution in [0.1, 0.15) is 12.7 Å². The lowest BCUT2D eigenvalue weighted by molar-refractivity contribution is -0.153. The number of benzene rings is 1. The minimum Gasteiger partial charge on any atom is -0.480 e. The van der Waals surface area contributed by atoms with Crippen LogP contribution in [-0.2, 0) is 16.1 Å². The Bertz CT molecular complexity index is 643. The number of hydrogen-bond donors (Lipinski definition) is 1. The van der Waals surface area contributed by atoms with Crippen LogP contribution in [0.25, 0.3) is 5.69 Å². The summed E-state index contributed by atoms with van der Waals surface area (Å²) in [5.74, 6) is -0.163. The van der Waals surface area contributed by atoms with Gasteiger partial charge in [-0.15, -0.1) is 0 Å². The third-order valence-electron chi connectivity index (χ3n) is 3.72. The number of hydrogen-bond acceptors (Lipinski definition) is 5. The van der Waals surface area contributed by atoms with Gasteiger partial charge in [0.05, 0.1) is 24.9 Å². The van der Waals surface area contributed by atoms with Crippen LogP contribution < -0.4 is 0 Å². The molecule has 1 aliphatic heterocycles. The smallest absolute Gasteiger partial charge is 0.323 e. The second-order valence-corrected chi connectivity index (χ2v) is 5.35. The Hall–Kier alpha value is -2.25. The van der Waals surface area contributed by atoms with E-state index in [9.17, 15) is 9.90 Å². The first-order chi connectivity index (χ1) is 10.6. The van der Waals surface area contributed by atoms with E-state index in [2.05, 4.69) is 10.1 Å². The monoisotopic (exact) mass is 302 g/mol. The third kappa shape index (κ3) is 3.00. The van der Waals surface area contributed by atoms with Crippen LogP contribution in [0.4, 0.5) is 0 Å². The van der Waals surface area contributed by atoms with E-state index in [1.54, 1.807) is 4.68 Å². The maximum absolute atomic E-state index is 11.4. The summed E-state index contributed by atoms with van der Waals surface area (Å²) in [6.45, 7) is 3.10. The maximum Gasteiger partial charge on any atom is 0.323 e. The molecule has 0 saturated carbocycles. The summed E-state index contributed by atoms with van der Waals surface area (Å²) in [5.41, 5.74) is 0.906. The number of aliphatic carboxylic acids is 1. The van der Waals surface area contributed by atoms with E-state index in [1.165, 1.54) is 6.33 Å². The molecule has 0 radical (unpaired) electrons. The second-order valence-electron chi connectivity index (χ2n) is 5.35. The molecule has 1 aliphatic rings. The lowest BCUT2D eigenvalue weighted by Gasteiger charge is -2.35. The fourth-order valence-corrected chi connectivity index (χ4v) is 2.61. The summed E-state index contributed by atoms with van der Waals surface area (Å²) >= 11 is 0. The van der Waals surface area contributed by atoms with E-state index in [4.69, 9.17) is 4.74 Å². The van der Waals surface area contributed by atoms with Crippen molar-refractivity contribution in [3.63, 3.8) is 0 Å². The summed E-state index contributed by atoms with van der Waals surface area (Å²) < 4.78 is 7.19. The SMILES string of the molecule is C[C@H]1CN(Cc2ncnn2-c2ccccc2)[C@H](C(=O)O)CO1. The number of nitrogens with zero attached hydrogens (tertiary/aromatic N) is 4. The van der Waals surface area contributed by atoms with Gasteiger partial charge in [0.25, 0.3) is 0 Å². The molecule has 1 aromatic heterocycles. The first-order valence-corrected chi connectivity index (χ1v) is 7.18. The average molecular weight is 302 g/mol. The number of rotatable bonds is 4. The molecule has 0 unspecified atom stereocenters. The number of carbonyl (C=O) groups is 1. The third-order valence-corrected chi connectivity index (χ3v) is 3.72. The molecule has 7 heteroatoms. The maximum atomic E-state index is 11.4. The Morgan fingerprint density at radius 2 is 2.18 bits per heavy atom. The van der Waals surface area contributed by atoms with E-state index < -0.39 is 12.0 Å². The molecule has 2 aromatic rings. The van der Waals surface area contributed by atoms with Gasteiger partial charge in [0.2, 0.25) is 0 Å². The van der Waals surface area contributed by atoms with Crippen molar-refractivity contribution in [1.82, 2.24) is 19.7 Å². The minimum absolute atomic E-state index is 0.00342. The fourth-order valence-electron chi connectivity index (χ4n) is 2.61. The average Bonchev–Trinajstić information content (AvgIpc) is 2.96. The van der Waals surface area contributed by atoms with Crippen molar-refractivity contribution in [2.45, 2.75) is 25.6 Å². The quantitative estimate of drug-likeness (QED) is 0.905. The highest BCUT2D eigenvalue weighted by Crippen LogP contribution is 2.16. The Morgan fingerprint density at radius 3 is 2.91 bits per heavy atom. The molecule has 0 bridgehead atoms. The van der Waals surface area contributed by atoms with Gasteiger partial charge in [0, 0.05) is 6.54 Å². The number of carboxylic acids is 1. The molecule has 0 amide bonds. The molecule has 0 spiro atoms. The van der Waals surface area contributed by atoms with Crippen molar-refractivity contribution in [2.24, 2.45) is 0 Å². The molecule has 1 N–H and O–H groups in total. The van der Waals surface area contributed by atoms with Gasteiger partial charge >= 0.3 is 5.97 Å². The van der Waals surface area contributed by atoms with E-state index in [1.807, 2.05) is 42.2 Å². The number of morpholine rings is 1. The van der Waals surface area contributed by atoms with Crippen LogP contribution >= 0.6 is 0 Å². The number of para-hydroxylation sites is 1. The molecule has 1 saturated heterocycles. The number of ether oxygens (including phenoxy) is 1. The van der Waals surface area contributed by atoms with Crippen LogP contribution in [0.5, 0.6) is 0 Å².